The lowest BCUT2D eigenvalue weighted by Gasteiger charge is -2.34. The molecule has 1 aromatic rings. The largest absolute Gasteiger partial charge is 0.496 e. The summed E-state index contributed by atoms with van der Waals surface area (Å²) in [6.45, 7) is 1.50. The van der Waals surface area contributed by atoms with Crippen LogP contribution in [0.5, 0.6) is 5.75 Å². The Labute approximate surface area is 117 Å². The number of rotatable bonds is 3. The monoisotopic (exact) mass is 278 g/mol. The van der Waals surface area contributed by atoms with Crippen LogP contribution in [0.1, 0.15) is 10.4 Å². The minimum atomic E-state index is -0.605. The van der Waals surface area contributed by atoms with Gasteiger partial charge in [0, 0.05) is 19.6 Å². The Morgan fingerprint density at radius 3 is 2.75 bits per heavy atom. The van der Waals surface area contributed by atoms with Crippen molar-refractivity contribution in [1.29, 1.82) is 0 Å². The first kappa shape index (κ1) is 14.3. The fourth-order valence-electron chi connectivity index (χ4n) is 2.27. The smallest absolute Gasteiger partial charge is 0.329 e. The molecular formula is C14H18N2O4. The molecule has 0 saturated carbocycles. The van der Waals surface area contributed by atoms with Crippen LogP contribution in [0, 0.1) is 0 Å². The van der Waals surface area contributed by atoms with Crippen LogP contribution in [0.2, 0.25) is 0 Å². The second-order valence-corrected chi connectivity index (χ2v) is 4.44. The van der Waals surface area contributed by atoms with Crippen molar-refractivity contribution in [3.63, 3.8) is 0 Å². The number of benzene rings is 1. The molecule has 1 atom stereocenters. The van der Waals surface area contributed by atoms with Crippen LogP contribution in [0.4, 0.5) is 0 Å². The molecule has 1 unspecified atom stereocenters. The van der Waals surface area contributed by atoms with Crippen LogP contribution in [-0.4, -0.2) is 56.7 Å². The highest BCUT2D eigenvalue weighted by atomic mass is 16.5. The van der Waals surface area contributed by atoms with E-state index >= 15 is 0 Å². The van der Waals surface area contributed by atoms with E-state index in [9.17, 15) is 9.59 Å². The number of piperazine rings is 1. The Bertz CT molecular complexity index is 504. The fourth-order valence-corrected chi connectivity index (χ4v) is 2.27. The molecule has 20 heavy (non-hydrogen) atoms. The van der Waals surface area contributed by atoms with Crippen molar-refractivity contribution in [2.24, 2.45) is 0 Å². The van der Waals surface area contributed by atoms with Gasteiger partial charge in [0.05, 0.1) is 19.8 Å². The third-order valence-electron chi connectivity index (χ3n) is 3.31. The lowest BCUT2D eigenvalue weighted by Crippen LogP contribution is -2.57. The van der Waals surface area contributed by atoms with E-state index < -0.39 is 12.0 Å². The molecule has 108 valence electrons. The van der Waals surface area contributed by atoms with Crippen LogP contribution in [0.25, 0.3) is 0 Å². The van der Waals surface area contributed by atoms with Crippen molar-refractivity contribution in [2.45, 2.75) is 6.04 Å². The maximum Gasteiger partial charge on any atom is 0.329 e. The fraction of sp³-hybridized carbons (Fsp3) is 0.429. The van der Waals surface area contributed by atoms with Gasteiger partial charge in [0.15, 0.2) is 0 Å². The summed E-state index contributed by atoms with van der Waals surface area (Å²) in [5, 5.41) is 3.09. The molecule has 1 aliphatic heterocycles. The van der Waals surface area contributed by atoms with E-state index in [1.54, 1.807) is 24.3 Å². The Balaban J connectivity index is 2.27. The van der Waals surface area contributed by atoms with Crippen LogP contribution in [0.3, 0.4) is 0 Å². The number of carbonyl (C=O) groups is 2. The quantitative estimate of drug-likeness (QED) is 0.805. The van der Waals surface area contributed by atoms with E-state index in [-0.39, 0.29) is 5.91 Å². The van der Waals surface area contributed by atoms with Gasteiger partial charge in [-0.3, -0.25) is 4.79 Å². The first-order chi connectivity index (χ1) is 9.69. The highest BCUT2D eigenvalue weighted by Crippen LogP contribution is 2.21. The molecule has 0 bridgehead atoms. The van der Waals surface area contributed by atoms with Gasteiger partial charge < -0.3 is 19.7 Å². The average Bonchev–Trinajstić information content (AvgIpc) is 2.53. The molecule has 6 heteroatoms. The van der Waals surface area contributed by atoms with Gasteiger partial charge in [0.2, 0.25) is 0 Å². The van der Waals surface area contributed by atoms with Gasteiger partial charge >= 0.3 is 5.97 Å². The molecule has 1 aliphatic rings. The third kappa shape index (κ3) is 2.75. The number of nitrogens with zero attached hydrogens (tertiary/aromatic N) is 1. The molecule has 1 saturated heterocycles. The van der Waals surface area contributed by atoms with Gasteiger partial charge in [-0.1, -0.05) is 12.1 Å². The molecule has 0 aromatic heterocycles. The van der Waals surface area contributed by atoms with Gasteiger partial charge in [-0.05, 0) is 12.1 Å². The predicted octanol–water partition coefficient (Wildman–Crippen LogP) is 0.282. The zero-order valence-corrected chi connectivity index (χ0v) is 11.6. The first-order valence-electron chi connectivity index (χ1n) is 6.41. The minimum absolute atomic E-state index is 0.223. The first-order valence-corrected chi connectivity index (χ1v) is 6.41. The van der Waals surface area contributed by atoms with Crippen molar-refractivity contribution in [2.75, 3.05) is 33.9 Å². The number of hydrogen-bond donors (Lipinski definition) is 1. The highest BCUT2D eigenvalue weighted by molar-refractivity contribution is 5.99. The van der Waals surface area contributed by atoms with E-state index in [0.29, 0.717) is 30.9 Å². The summed E-state index contributed by atoms with van der Waals surface area (Å²) >= 11 is 0. The minimum Gasteiger partial charge on any atom is -0.496 e. The van der Waals surface area contributed by atoms with E-state index in [2.05, 4.69) is 5.32 Å². The second kappa shape index (κ2) is 6.38. The zero-order valence-electron chi connectivity index (χ0n) is 11.6. The zero-order chi connectivity index (χ0) is 14.5. The number of para-hydroxylation sites is 1. The van der Waals surface area contributed by atoms with Crippen LogP contribution in [-0.2, 0) is 9.53 Å². The number of ether oxygens (including phenoxy) is 2. The predicted molar refractivity (Wildman–Crippen MR) is 72.7 cm³/mol. The number of carbonyl (C=O) groups excluding carboxylic acids is 2. The summed E-state index contributed by atoms with van der Waals surface area (Å²) in [4.78, 5) is 25.9. The van der Waals surface area contributed by atoms with Crippen molar-refractivity contribution >= 4 is 11.9 Å². The van der Waals surface area contributed by atoms with E-state index in [1.165, 1.54) is 19.1 Å². The SMILES string of the molecule is COC(=O)C1CNCCN1C(=O)c1ccccc1OC. The molecule has 1 fully saturated rings. The van der Waals surface area contributed by atoms with E-state index in [4.69, 9.17) is 9.47 Å². The molecular weight excluding hydrogens is 260 g/mol. The molecule has 2 rings (SSSR count). The Kier molecular flexibility index (Phi) is 4.57. The lowest BCUT2D eigenvalue weighted by atomic mass is 10.1. The number of esters is 1. The maximum absolute atomic E-state index is 12.6. The summed E-state index contributed by atoms with van der Waals surface area (Å²) in [6.07, 6.45) is 0. The maximum atomic E-state index is 12.6. The summed E-state index contributed by atoms with van der Waals surface area (Å²) in [7, 11) is 2.84. The number of methoxy groups -OCH3 is 2. The molecule has 0 radical (unpaired) electrons. The van der Waals surface area contributed by atoms with Crippen LogP contribution in [0.15, 0.2) is 24.3 Å². The van der Waals surface area contributed by atoms with Gasteiger partial charge in [-0.15, -0.1) is 0 Å². The second-order valence-electron chi connectivity index (χ2n) is 4.44. The summed E-state index contributed by atoms with van der Waals surface area (Å²) in [6, 6.07) is 6.38. The summed E-state index contributed by atoms with van der Waals surface area (Å²) in [5.74, 6) is -0.139. The third-order valence-corrected chi connectivity index (χ3v) is 3.31. The standard InChI is InChI=1S/C14H18N2O4/c1-19-12-6-4-3-5-10(12)13(17)16-8-7-15-9-11(16)14(18)20-2/h3-6,11,15H,7-9H2,1-2H3. The van der Waals surface area contributed by atoms with Gasteiger partial charge in [-0.2, -0.15) is 0 Å². The summed E-state index contributed by atoms with van der Waals surface area (Å²) in [5.41, 5.74) is 0.450. The summed E-state index contributed by atoms with van der Waals surface area (Å²) < 4.78 is 9.96. The van der Waals surface area contributed by atoms with E-state index in [0.717, 1.165) is 0 Å². The van der Waals surface area contributed by atoms with Gasteiger partial charge in [0.1, 0.15) is 11.8 Å². The Hall–Kier alpha value is -2.08. The van der Waals surface area contributed by atoms with Gasteiger partial charge in [0.25, 0.3) is 5.91 Å². The molecule has 0 aliphatic carbocycles. The van der Waals surface area contributed by atoms with Crippen molar-refractivity contribution < 1.29 is 19.1 Å². The van der Waals surface area contributed by atoms with Crippen molar-refractivity contribution in [1.82, 2.24) is 10.2 Å². The van der Waals surface area contributed by atoms with Crippen LogP contribution < -0.4 is 10.1 Å². The topological polar surface area (TPSA) is 67.9 Å². The van der Waals surface area contributed by atoms with Gasteiger partial charge in [-0.25, -0.2) is 4.79 Å². The number of amides is 1. The number of nitrogens with one attached hydrogen (secondary N) is 1. The Morgan fingerprint density at radius 2 is 2.05 bits per heavy atom. The molecule has 1 aromatic carbocycles. The van der Waals surface area contributed by atoms with Crippen molar-refractivity contribution in [3.05, 3.63) is 29.8 Å². The number of hydrogen-bond acceptors (Lipinski definition) is 5. The van der Waals surface area contributed by atoms with Crippen LogP contribution >= 0.6 is 0 Å². The normalized spacial score (nSPS) is 18.5. The molecule has 1 heterocycles. The average molecular weight is 278 g/mol. The molecule has 6 nitrogen and oxygen atoms in total. The highest BCUT2D eigenvalue weighted by Gasteiger charge is 2.34. The molecule has 1 amide bonds. The molecule has 0 spiro atoms. The molecule has 1 N–H and O–H groups in total. The van der Waals surface area contributed by atoms with Crippen molar-refractivity contribution in [3.8, 4) is 5.75 Å². The lowest BCUT2D eigenvalue weighted by molar-refractivity contribution is -0.146. The van der Waals surface area contributed by atoms with E-state index in [1.807, 2.05) is 0 Å². The Morgan fingerprint density at radius 1 is 1.30 bits per heavy atom.